The fourth-order valence-electron chi connectivity index (χ4n) is 2.12. The summed E-state index contributed by atoms with van der Waals surface area (Å²) in [5.74, 6) is 0. The maximum absolute atomic E-state index is 11.1. The van der Waals surface area contributed by atoms with Crippen molar-refractivity contribution in [1.82, 2.24) is 0 Å². The Morgan fingerprint density at radius 2 is 2.24 bits per heavy atom. The third-order valence-electron chi connectivity index (χ3n) is 3.17. The van der Waals surface area contributed by atoms with Gasteiger partial charge in [-0.25, -0.2) is 0 Å². The summed E-state index contributed by atoms with van der Waals surface area (Å²) in [4.78, 5) is 13.4. The van der Waals surface area contributed by atoms with Crippen LogP contribution in [0.4, 0.5) is 5.69 Å². The Morgan fingerprint density at radius 3 is 2.82 bits per heavy atom. The zero-order chi connectivity index (χ0) is 12.3. The van der Waals surface area contributed by atoms with Crippen molar-refractivity contribution in [3.63, 3.8) is 0 Å². The summed E-state index contributed by atoms with van der Waals surface area (Å²) >= 11 is 6.25. The van der Waals surface area contributed by atoms with E-state index in [2.05, 4.69) is 11.8 Å². The Kier molecular flexibility index (Phi) is 4.06. The molecule has 0 heterocycles. The standard InChI is InChI=1S/C14H18ClNO/c1-2-3-9-16(12-7-8-12)14-11(10-17)5-4-6-13(14)15/h4-6,10,12H,2-3,7-9H2,1H3. The molecule has 0 radical (unpaired) electrons. The maximum Gasteiger partial charge on any atom is 0.152 e. The number of para-hydroxylation sites is 1. The summed E-state index contributed by atoms with van der Waals surface area (Å²) in [6.07, 6.45) is 5.63. The van der Waals surface area contributed by atoms with Crippen LogP contribution in [0.15, 0.2) is 18.2 Å². The van der Waals surface area contributed by atoms with Gasteiger partial charge in [-0.05, 0) is 31.4 Å². The van der Waals surface area contributed by atoms with Crippen molar-refractivity contribution >= 4 is 23.6 Å². The first-order valence-corrected chi connectivity index (χ1v) is 6.66. The summed E-state index contributed by atoms with van der Waals surface area (Å²) in [6.45, 7) is 3.17. The first-order chi connectivity index (χ1) is 8.27. The van der Waals surface area contributed by atoms with Gasteiger partial charge in [0.05, 0.1) is 10.7 Å². The van der Waals surface area contributed by atoms with Crippen molar-refractivity contribution in [2.45, 2.75) is 38.6 Å². The highest BCUT2D eigenvalue weighted by Crippen LogP contribution is 2.37. The molecule has 3 heteroatoms. The van der Waals surface area contributed by atoms with Crippen LogP contribution in [0, 0.1) is 0 Å². The Morgan fingerprint density at radius 1 is 1.47 bits per heavy atom. The highest BCUT2D eigenvalue weighted by Gasteiger charge is 2.31. The number of benzene rings is 1. The van der Waals surface area contributed by atoms with E-state index in [1.807, 2.05) is 18.2 Å². The minimum atomic E-state index is 0.583. The molecule has 0 aromatic heterocycles. The number of carbonyl (C=O) groups excluding carboxylic acids is 1. The SMILES string of the molecule is CCCCN(c1c(Cl)cccc1C=O)C1CC1. The van der Waals surface area contributed by atoms with Gasteiger partial charge >= 0.3 is 0 Å². The minimum Gasteiger partial charge on any atom is -0.367 e. The number of unbranched alkanes of at least 4 members (excludes halogenated alkanes) is 1. The maximum atomic E-state index is 11.1. The van der Waals surface area contributed by atoms with Crippen molar-refractivity contribution in [2.24, 2.45) is 0 Å². The molecule has 0 bridgehead atoms. The molecule has 92 valence electrons. The van der Waals surface area contributed by atoms with Crippen LogP contribution in [-0.4, -0.2) is 18.9 Å². The van der Waals surface area contributed by atoms with E-state index >= 15 is 0 Å². The fraction of sp³-hybridized carbons (Fsp3) is 0.500. The Balaban J connectivity index is 2.30. The van der Waals surface area contributed by atoms with Crippen LogP contribution in [0.2, 0.25) is 5.02 Å². The van der Waals surface area contributed by atoms with Crippen LogP contribution in [0.3, 0.4) is 0 Å². The molecule has 0 aliphatic heterocycles. The smallest absolute Gasteiger partial charge is 0.152 e. The average molecular weight is 252 g/mol. The number of hydrogen-bond acceptors (Lipinski definition) is 2. The highest BCUT2D eigenvalue weighted by atomic mass is 35.5. The number of rotatable bonds is 6. The predicted octanol–water partition coefficient (Wildman–Crippen LogP) is 3.92. The Hall–Kier alpha value is -1.02. The molecule has 2 nitrogen and oxygen atoms in total. The quantitative estimate of drug-likeness (QED) is 0.715. The van der Waals surface area contributed by atoms with Crippen LogP contribution in [-0.2, 0) is 0 Å². The molecule has 1 saturated carbocycles. The van der Waals surface area contributed by atoms with Gasteiger partial charge in [-0.1, -0.05) is 31.0 Å². The van der Waals surface area contributed by atoms with Crippen molar-refractivity contribution in [3.8, 4) is 0 Å². The molecular weight excluding hydrogens is 234 g/mol. The van der Waals surface area contributed by atoms with E-state index < -0.39 is 0 Å². The van der Waals surface area contributed by atoms with Crippen molar-refractivity contribution < 1.29 is 4.79 Å². The summed E-state index contributed by atoms with van der Waals surface area (Å²) < 4.78 is 0. The van der Waals surface area contributed by atoms with Gasteiger partial charge in [-0.15, -0.1) is 0 Å². The Labute approximate surface area is 108 Å². The van der Waals surface area contributed by atoms with E-state index in [0.29, 0.717) is 16.6 Å². The molecule has 0 unspecified atom stereocenters. The second-order valence-electron chi connectivity index (χ2n) is 4.57. The lowest BCUT2D eigenvalue weighted by atomic mass is 10.1. The molecule has 0 spiro atoms. The summed E-state index contributed by atoms with van der Waals surface area (Å²) in [7, 11) is 0. The van der Waals surface area contributed by atoms with Gasteiger partial charge in [-0.3, -0.25) is 4.79 Å². The van der Waals surface area contributed by atoms with Crippen LogP contribution >= 0.6 is 11.6 Å². The topological polar surface area (TPSA) is 20.3 Å². The third-order valence-corrected chi connectivity index (χ3v) is 3.48. The first kappa shape index (κ1) is 12.4. The van der Waals surface area contributed by atoms with Crippen molar-refractivity contribution in [3.05, 3.63) is 28.8 Å². The number of hydrogen-bond donors (Lipinski definition) is 0. The molecule has 1 aliphatic carbocycles. The Bertz CT molecular complexity index is 401. The van der Waals surface area contributed by atoms with E-state index in [0.717, 1.165) is 31.4 Å². The molecule has 1 aliphatic rings. The van der Waals surface area contributed by atoms with Gasteiger partial charge in [0, 0.05) is 18.2 Å². The van der Waals surface area contributed by atoms with Gasteiger partial charge < -0.3 is 4.90 Å². The zero-order valence-electron chi connectivity index (χ0n) is 10.2. The number of aldehydes is 1. The van der Waals surface area contributed by atoms with E-state index in [4.69, 9.17) is 11.6 Å². The van der Waals surface area contributed by atoms with Gasteiger partial charge in [0.2, 0.25) is 0 Å². The van der Waals surface area contributed by atoms with E-state index in [1.165, 1.54) is 12.8 Å². The monoisotopic (exact) mass is 251 g/mol. The average Bonchev–Trinajstić information content (AvgIpc) is 3.15. The number of nitrogens with zero attached hydrogens (tertiary/aromatic N) is 1. The highest BCUT2D eigenvalue weighted by molar-refractivity contribution is 6.34. The van der Waals surface area contributed by atoms with Gasteiger partial charge in [0.15, 0.2) is 6.29 Å². The second kappa shape index (κ2) is 5.54. The summed E-state index contributed by atoms with van der Waals surface area (Å²) in [6, 6.07) is 6.13. The molecule has 0 atom stereocenters. The summed E-state index contributed by atoms with van der Waals surface area (Å²) in [5, 5.41) is 0.692. The largest absolute Gasteiger partial charge is 0.367 e. The predicted molar refractivity (Wildman–Crippen MR) is 72.1 cm³/mol. The second-order valence-corrected chi connectivity index (χ2v) is 4.98. The number of carbonyl (C=O) groups is 1. The normalized spacial score (nSPS) is 14.7. The number of halogens is 1. The molecule has 17 heavy (non-hydrogen) atoms. The van der Waals surface area contributed by atoms with Crippen molar-refractivity contribution in [1.29, 1.82) is 0 Å². The van der Waals surface area contributed by atoms with Gasteiger partial charge in [-0.2, -0.15) is 0 Å². The summed E-state index contributed by atoms with van der Waals surface area (Å²) in [5.41, 5.74) is 1.64. The van der Waals surface area contributed by atoms with Gasteiger partial charge in [0.25, 0.3) is 0 Å². The van der Waals surface area contributed by atoms with Crippen molar-refractivity contribution in [2.75, 3.05) is 11.4 Å². The lowest BCUT2D eigenvalue weighted by Crippen LogP contribution is -2.28. The molecular formula is C14H18ClNO. The van der Waals surface area contributed by atoms with Crippen LogP contribution in [0.5, 0.6) is 0 Å². The van der Waals surface area contributed by atoms with Crippen LogP contribution in [0.25, 0.3) is 0 Å². The first-order valence-electron chi connectivity index (χ1n) is 6.28. The molecule has 0 amide bonds. The zero-order valence-corrected chi connectivity index (χ0v) is 10.9. The van der Waals surface area contributed by atoms with Crippen LogP contribution in [0.1, 0.15) is 43.0 Å². The molecule has 1 fully saturated rings. The molecule has 1 aromatic rings. The minimum absolute atomic E-state index is 0.583. The van der Waals surface area contributed by atoms with E-state index in [-0.39, 0.29) is 0 Å². The molecule has 1 aromatic carbocycles. The number of anilines is 1. The molecule has 0 N–H and O–H groups in total. The molecule has 0 saturated heterocycles. The molecule has 2 rings (SSSR count). The lowest BCUT2D eigenvalue weighted by molar-refractivity contribution is 0.112. The van der Waals surface area contributed by atoms with Gasteiger partial charge in [0.1, 0.15) is 0 Å². The third kappa shape index (κ3) is 2.81. The van der Waals surface area contributed by atoms with Crippen LogP contribution < -0.4 is 4.90 Å². The van der Waals surface area contributed by atoms with E-state index in [1.54, 1.807) is 0 Å². The lowest BCUT2D eigenvalue weighted by Gasteiger charge is -2.27. The van der Waals surface area contributed by atoms with E-state index in [9.17, 15) is 4.79 Å². The fourth-order valence-corrected chi connectivity index (χ4v) is 2.41.